The Balaban J connectivity index is 0. The first-order chi connectivity index (χ1) is 11.6. The van der Waals surface area contributed by atoms with Gasteiger partial charge in [0.05, 0.1) is 5.56 Å². The van der Waals surface area contributed by atoms with Gasteiger partial charge in [-0.05, 0) is 63.1 Å². The number of ketones is 1. The number of halogens is 4. The van der Waals surface area contributed by atoms with E-state index in [1.807, 2.05) is 20.8 Å². The molecule has 0 aromatic heterocycles. The third-order valence-corrected chi connectivity index (χ3v) is 3.47. The Kier molecular flexibility index (Phi) is 12.4. The minimum absolute atomic E-state index is 0. The number of hydrogen-bond donors (Lipinski definition) is 2. The van der Waals surface area contributed by atoms with Gasteiger partial charge in [-0.15, -0.1) is 24.8 Å². The Bertz CT molecular complexity index is 778. The van der Waals surface area contributed by atoms with E-state index in [-0.39, 0.29) is 47.0 Å². The van der Waals surface area contributed by atoms with Gasteiger partial charge in [-0.2, -0.15) is 0 Å². The van der Waals surface area contributed by atoms with E-state index in [9.17, 15) is 14.0 Å². The molecule has 2 rings (SSSR count). The number of carbonyl (C=O) groups is 2. The molecular formula is C19H24Cl3FN2O2. The van der Waals surface area contributed by atoms with Crippen LogP contribution in [0.3, 0.4) is 0 Å². The van der Waals surface area contributed by atoms with Crippen LogP contribution in [0.4, 0.5) is 4.39 Å². The van der Waals surface area contributed by atoms with Crippen molar-refractivity contribution in [2.24, 2.45) is 5.84 Å². The van der Waals surface area contributed by atoms with Gasteiger partial charge < -0.3 is 0 Å². The fraction of sp³-hybridized carbons (Fsp3) is 0.263. The highest BCUT2D eigenvalue weighted by molar-refractivity contribution is 6.68. The van der Waals surface area contributed by atoms with Gasteiger partial charge in [0.15, 0.2) is 5.78 Å². The predicted octanol–water partition coefficient (Wildman–Crippen LogP) is 4.84. The van der Waals surface area contributed by atoms with Crippen molar-refractivity contribution in [2.75, 3.05) is 0 Å². The van der Waals surface area contributed by atoms with E-state index in [0.717, 1.165) is 0 Å². The average Bonchev–Trinajstić information content (AvgIpc) is 2.54. The molecule has 0 amide bonds. The van der Waals surface area contributed by atoms with Crippen molar-refractivity contribution in [3.05, 3.63) is 70.5 Å². The summed E-state index contributed by atoms with van der Waals surface area (Å²) in [6.45, 7) is 7.70. The summed E-state index contributed by atoms with van der Waals surface area (Å²) in [6.07, 6.45) is 0. The van der Waals surface area contributed by atoms with Crippen LogP contribution in [0.5, 0.6) is 0 Å². The molecule has 0 fully saturated rings. The second-order valence-electron chi connectivity index (χ2n) is 6.47. The first-order valence-electron chi connectivity index (χ1n) is 7.65. The highest BCUT2D eigenvalue weighted by Crippen LogP contribution is 2.21. The van der Waals surface area contributed by atoms with Crippen LogP contribution in [0.25, 0.3) is 0 Å². The lowest BCUT2D eigenvalue weighted by Gasteiger charge is -2.14. The number of nitrogens with two attached hydrogens (primary N) is 1. The van der Waals surface area contributed by atoms with Crippen molar-refractivity contribution in [3.63, 3.8) is 0 Å². The molecule has 0 heterocycles. The molecule has 3 N–H and O–H groups in total. The van der Waals surface area contributed by atoms with Crippen molar-refractivity contribution in [2.45, 2.75) is 33.2 Å². The van der Waals surface area contributed by atoms with Gasteiger partial charge in [0.25, 0.3) is 5.24 Å². The zero-order valence-electron chi connectivity index (χ0n) is 15.5. The summed E-state index contributed by atoms with van der Waals surface area (Å²) in [7, 11) is 0. The summed E-state index contributed by atoms with van der Waals surface area (Å²) in [5, 5.41) is -0.733. The Hall–Kier alpha value is -1.50. The van der Waals surface area contributed by atoms with Crippen LogP contribution in [-0.2, 0) is 0 Å². The molecule has 0 unspecified atom stereocenters. The molecule has 0 saturated heterocycles. The average molecular weight is 438 g/mol. The van der Waals surface area contributed by atoms with Crippen LogP contribution in [0.15, 0.2) is 42.5 Å². The number of aryl methyl sites for hydroxylation is 1. The molecule has 0 saturated carbocycles. The lowest BCUT2D eigenvalue weighted by molar-refractivity contribution is 0.101. The molecule has 2 aromatic rings. The molecule has 0 atom stereocenters. The summed E-state index contributed by atoms with van der Waals surface area (Å²) < 4.78 is 13.7. The number of rotatable bonds is 3. The number of carbonyl (C=O) groups excluding carboxylic acids is 2. The third kappa shape index (κ3) is 8.37. The van der Waals surface area contributed by atoms with Crippen molar-refractivity contribution in [1.82, 2.24) is 5.43 Å². The lowest BCUT2D eigenvalue weighted by atomic mass is 9.94. The van der Waals surface area contributed by atoms with Crippen LogP contribution in [-0.4, -0.2) is 16.6 Å². The molecule has 0 spiro atoms. The Labute approximate surface area is 176 Å². The Morgan fingerprint density at radius 3 is 1.93 bits per heavy atom. The van der Waals surface area contributed by atoms with Gasteiger partial charge in [-0.3, -0.25) is 20.9 Å². The number of nitrogens with one attached hydrogen (secondary N) is 1. The van der Waals surface area contributed by atoms with Crippen molar-refractivity contribution < 1.29 is 14.0 Å². The summed E-state index contributed by atoms with van der Waals surface area (Å²) in [4.78, 5) is 23.7. The van der Waals surface area contributed by atoms with Crippen LogP contribution in [0, 0.1) is 12.7 Å². The van der Waals surface area contributed by atoms with Gasteiger partial charge in [-0.1, -0.05) is 24.3 Å². The van der Waals surface area contributed by atoms with E-state index < -0.39 is 16.8 Å². The van der Waals surface area contributed by atoms with Crippen molar-refractivity contribution >= 4 is 47.4 Å². The standard InChI is InChI=1S/C15H10ClFO2.C4H12N2.2ClH/c1-9-5-4-7-11(15(16)19)13(9)14(18)10-6-2-3-8-12(10)17;1-4(2,3)6-5;;/h2-8H,1H3;6H,5H2,1-3H3;2*1H. The maximum Gasteiger partial charge on any atom is 0.253 e. The molecule has 0 aliphatic carbocycles. The SMILES string of the molecule is CC(C)(C)NN.Cc1cccc(C(=O)Cl)c1C(=O)c1ccccc1F.Cl.Cl. The maximum atomic E-state index is 13.7. The van der Waals surface area contributed by atoms with Gasteiger partial charge in [0, 0.05) is 16.7 Å². The molecule has 0 aliphatic rings. The number of benzene rings is 2. The fourth-order valence-corrected chi connectivity index (χ4v) is 2.07. The summed E-state index contributed by atoms with van der Waals surface area (Å²) in [5.74, 6) is 3.89. The quantitative estimate of drug-likeness (QED) is 0.312. The van der Waals surface area contributed by atoms with Crippen LogP contribution in [0.2, 0.25) is 0 Å². The molecule has 150 valence electrons. The van der Waals surface area contributed by atoms with Gasteiger partial charge in [0.1, 0.15) is 5.82 Å². The number of hydrazine groups is 1. The lowest BCUT2D eigenvalue weighted by Crippen LogP contribution is -2.41. The van der Waals surface area contributed by atoms with Gasteiger partial charge >= 0.3 is 0 Å². The summed E-state index contributed by atoms with van der Waals surface area (Å²) in [6, 6.07) is 10.4. The molecule has 27 heavy (non-hydrogen) atoms. The topological polar surface area (TPSA) is 72.2 Å². The molecule has 8 heteroatoms. The normalized spacial score (nSPS) is 9.89. The van der Waals surface area contributed by atoms with Crippen LogP contribution < -0.4 is 11.3 Å². The molecule has 0 radical (unpaired) electrons. The molecule has 4 nitrogen and oxygen atoms in total. The van der Waals surface area contributed by atoms with Crippen molar-refractivity contribution in [1.29, 1.82) is 0 Å². The van der Waals surface area contributed by atoms with Gasteiger partial charge in [-0.25, -0.2) is 4.39 Å². The summed E-state index contributed by atoms with van der Waals surface area (Å²) >= 11 is 5.47. The predicted molar refractivity (Wildman–Crippen MR) is 113 cm³/mol. The molecule has 0 bridgehead atoms. The highest BCUT2D eigenvalue weighted by atomic mass is 35.5. The van der Waals surface area contributed by atoms with E-state index in [2.05, 4.69) is 5.43 Å². The van der Waals surface area contributed by atoms with Crippen LogP contribution in [0.1, 0.15) is 52.6 Å². The summed E-state index contributed by atoms with van der Waals surface area (Å²) in [5.41, 5.74) is 3.42. The second kappa shape index (κ2) is 12.1. The van der Waals surface area contributed by atoms with E-state index in [1.165, 1.54) is 24.3 Å². The van der Waals surface area contributed by atoms with E-state index in [4.69, 9.17) is 17.4 Å². The highest BCUT2D eigenvalue weighted by Gasteiger charge is 2.21. The van der Waals surface area contributed by atoms with E-state index >= 15 is 0 Å². The van der Waals surface area contributed by atoms with E-state index in [0.29, 0.717) is 5.56 Å². The smallest absolute Gasteiger partial charge is 0.253 e. The Morgan fingerprint density at radius 2 is 1.48 bits per heavy atom. The maximum absolute atomic E-state index is 13.7. The molecular weight excluding hydrogens is 414 g/mol. The third-order valence-electron chi connectivity index (χ3n) is 3.26. The minimum atomic E-state index is -0.733. The van der Waals surface area contributed by atoms with E-state index in [1.54, 1.807) is 25.1 Å². The fourth-order valence-electron chi connectivity index (χ4n) is 1.91. The Morgan fingerprint density at radius 1 is 1.00 bits per heavy atom. The van der Waals surface area contributed by atoms with Crippen molar-refractivity contribution in [3.8, 4) is 0 Å². The zero-order chi connectivity index (χ0) is 19.2. The molecule has 0 aliphatic heterocycles. The first kappa shape index (κ1) is 27.7. The second-order valence-corrected chi connectivity index (χ2v) is 6.82. The monoisotopic (exact) mass is 436 g/mol. The van der Waals surface area contributed by atoms with Gasteiger partial charge in [0.2, 0.25) is 0 Å². The number of hydrogen-bond acceptors (Lipinski definition) is 4. The largest absolute Gasteiger partial charge is 0.288 e. The zero-order valence-corrected chi connectivity index (χ0v) is 17.9. The van der Waals surface area contributed by atoms with Crippen LogP contribution >= 0.6 is 36.4 Å². The minimum Gasteiger partial charge on any atom is -0.288 e. The molecule has 2 aromatic carbocycles. The first-order valence-corrected chi connectivity index (χ1v) is 8.02.